The third kappa shape index (κ3) is 6.49. The monoisotopic (exact) mass is 375 g/mol. The Bertz CT molecular complexity index is 574. The van der Waals surface area contributed by atoms with Gasteiger partial charge < -0.3 is 0 Å². The molecule has 0 fully saturated rings. The second-order valence-electron chi connectivity index (χ2n) is 6.91. The first-order valence-corrected chi connectivity index (χ1v) is 9.61. The topological polar surface area (TPSA) is 46.2 Å². The van der Waals surface area contributed by atoms with E-state index in [1.807, 2.05) is 32.9 Å². The van der Waals surface area contributed by atoms with Gasteiger partial charge in [-0.3, -0.25) is 0 Å². The van der Waals surface area contributed by atoms with E-state index < -0.39 is 15.6 Å². The Morgan fingerprint density at radius 3 is 2.38 bits per heavy atom. The Balaban J connectivity index is 2.97. The van der Waals surface area contributed by atoms with Crippen molar-refractivity contribution in [2.24, 2.45) is 5.92 Å². The lowest BCUT2D eigenvalue weighted by molar-refractivity contribution is 0.491. The molecule has 0 aliphatic rings. The third-order valence-electron chi connectivity index (χ3n) is 2.97. The Hall–Kier alpha value is -0.390. The largest absolute Gasteiger partial charge is 0.242 e. The van der Waals surface area contributed by atoms with Crippen molar-refractivity contribution in [1.29, 1.82) is 0 Å². The van der Waals surface area contributed by atoms with Gasteiger partial charge in [0.25, 0.3) is 0 Å². The van der Waals surface area contributed by atoms with Crippen molar-refractivity contribution < 1.29 is 8.42 Å². The summed E-state index contributed by atoms with van der Waals surface area (Å²) in [6, 6.07) is 5.58. The molecule has 5 heteroatoms. The second kappa shape index (κ2) is 7.25. The maximum atomic E-state index is 12.5. The van der Waals surface area contributed by atoms with E-state index in [0.29, 0.717) is 15.3 Å². The summed E-state index contributed by atoms with van der Waals surface area (Å²) in [7, 11) is -3.51. The predicted molar refractivity (Wildman–Crippen MR) is 92.0 cm³/mol. The molecule has 1 N–H and O–H groups in total. The minimum atomic E-state index is -3.51. The van der Waals surface area contributed by atoms with Crippen LogP contribution >= 0.6 is 15.9 Å². The zero-order valence-corrected chi connectivity index (χ0v) is 15.9. The molecule has 1 aromatic rings. The summed E-state index contributed by atoms with van der Waals surface area (Å²) in [5.41, 5.74) is 0.569. The van der Waals surface area contributed by atoms with Crippen LogP contribution in [0.5, 0.6) is 0 Å². The highest BCUT2D eigenvalue weighted by Crippen LogP contribution is 2.25. The van der Waals surface area contributed by atoms with Crippen LogP contribution in [0.15, 0.2) is 27.6 Å². The normalized spacial score (nSPS) is 12.9. The first-order valence-electron chi connectivity index (χ1n) is 7.34. The maximum absolute atomic E-state index is 12.5. The van der Waals surface area contributed by atoms with Gasteiger partial charge in [0.2, 0.25) is 10.0 Å². The van der Waals surface area contributed by atoms with Crippen LogP contribution < -0.4 is 4.72 Å². The summed E-state index contributed by atoms with van der Waals surface area (Å²) in [4.78, 5) is 0.319. The van der Waals surface area contributed by atoms with Gasteiger partial charge in [-0.1, -0.05) is 26.3 Å². The van der Waals surface area contributed by atoms with Crippen molar-refractivity contribution in [3.8, 4) is 0 Å². The highest BCUT2D eigenvalue weighted by atomic mass is 79.9. The van der Waals surface area contributed by atoms with Gasteiger partial charge in [0, 0.05) is 10.0 Å². The van der Waals surface area contributed by atoms with Gasteiger partial charge in [-0.2, -0.15) is 0 Å². The molecule has 1 aromatic carbocycles. The van der Waals surface area contributed by atoms with Crippen molar-refractivity contribution >= 4 is 26.0 Å². The number of aryl methyl sites for hydroxylation is 1. The maximum Gasteiger partial charge on any atom is 0.242 e. The van der Waals surface area contributed by atoms with E-state index in [2.05, 4.69) is 34.5 Å². The molecule has 0 aliphatic heterocycles. The van der Waals surface area contributed by atoms with Gasteiger partial charge in [-0.05, 0) is 73.2 Å². The molecule has 0 radical (unpaired) electrons. The Morgan fingerprint density at radius 2 is 1.86 bits per heavy atom. The summed E-state index contributed by atoms with van der Waals surface area (Å²) >= 11 is 3.35. The fraction of sp³-hybridized carbons (Fsp3) is 0.625. The van der Waals surface area contributed by atoms with Crippen LogP contribution in [0.1, 0.15) is 53.0 Å². The van der Waals surface area contributed by atoms with E-state index in [-0.39, 0.29) is 0 Å². The van der Waals surface area contributed by atoms with Crippen molar-refractivity contribution in [2.45, 2.75) is 64.3 Å². The summed E-state index contributed by atoms with van der Waals surface area (Å²) in [5, 5.41) is 0. The van der Waals surface area contributed by atoms with Gasteiger partial charge in [0.1, 0.15) is 0 Å². The minimum absolute atomic E-state index is 0.319. The van der Waals surface area contributed by atoms with Gasteiger partial charge >= 0.3 is 0 Å². The molecule has 1 rings (SSSR count). The van der Waals surface area contributed by atoms with Gasteiger partial charge in [-0.25, -0.2) is 13.1 Å². The summed E-state index contributed by atoms with van der Waals surface area (Å²) in [6.45, 7) is 9.91. The molecule has 0 amide bonds. The molecule has 0 aliphatic carbocycles. The smallest absolute Gasteiger partial charge is 0.207 e. The second-order valence-corrected chi connectivity index (χ2v) is 9.41. The molecule has 0 atom stereocenters. The van der Waals surface area contributed by atoms with Crippen LogP contribution in [-0.4, -0.2) is 14.0 Å². The van der Waals surface area contributed by atoms with Crippen LogP contribution in [0.25, 0.3) is 0 Å². The number of rotatable bonds is 6. The average molecular weight is 376 g/mol. The van der Waals surface area contributed by atoms with Gasteiger partial charge in [0.05, 0.1) is 4.90 Å². The molecule has 0 saturated carbocycles. The molecule has 0 saturated heterocycles. The summed E-state index contributed by atoms with van der Waals surface area (Å²) < 4.78 is 28.2. The van der Waals surface area contributed by atoms with Crippen molar-refractivity contribution in [3.05, 3.63) is 28.2 Å². The highest BCUT2D eigenvalue weighted by Gasteiger charge is 2.24. The molecular weight excluding hydrogens is 350 g/mol. The van der Waals surface area contributed by atoms with Crippen LogP contribution in [0.2, 0.25) is 0 Å². The summed E-state index contributed by atoms with van der Waals surface area (Å²) in [5.74, 6) is 0.672. The van der Waals surface area contributed by atoms with Crippen LogP contribution in [0.3, 0.4) is 0 Å². The quantitative estimate of drug-likeness (QED) is 0.794. The Labute approximate surface area is 137 Å². The number of benzene rings is 1. The number of hydrogen-bond acceptors (Lipinski definition) is 2. The van der Waals surface area contributed by atoms with E-state index in [9.17, 15) is 8.42 Å². The Kier molecular flexibility index (Phi) is 6.44. The highest BCUT2D eigenvalue weighted by molar-refractivity contribution is 9.10. The average Bonchev–Trinajstić information content (AvgIpc) is 2.27. The number of halogens is 1. The molecule has 0 heterocycles. The number of sulfonamides is 1. The van der Waals surface area contributed by atoms with Crippen LogP contribution in [-0.2, 0) is 16.4 Å². The van der Waals surface area contributed by atoms with E-state index in [4.69, 9.17) is 0 Å². The fourth-order valence-corrected chi connectivity index (χ4v) is 4.52. The van der Waals surface area contributed by atoms with Crippen molar-refractivity contribution in [1.82, 2.24) is 4.72 Å². The van der Waals surface area contributed by atoms with Crippen LogP contribution in [0.4, 0.5) is 0 Å². The predicted octanol–water partition coefficient (Wildman–Crippen LogP) is 4.50. The van der Waals surface area contributed by atoms with Crippen molar-refractivity contribution in [3.63, 3.8) is 0 Å². The van der Waals surface area contributed by atoms with E-state index in [1.54, 1.807) is 6.07 Å². The van der Waals surface area contributed by atoms with E-state index in [1.165, 1.54) is 0 Å². The first kappa shape index (κ1) is 18.7. The minimum Gasteiger partial charge on any atom is -0.207 e. The first-order chi connectivity index (χ1) is 9.51. The van der Waals surface area contributed by atoms with E-state index in [0.717, 1.165) is 24.8 Å². The van der Waals surface area contributed by atoms with Gasteiger partial charge in [-0.15, -0.1) is 0 Å². The molecule has 0 spiro atoms. The molecule has 0 aromatic heterocycles. The number of nitrogens with one attached hydrogen (secondary N) is 1. The molecule has 0 unspecified atom stereocenters. The summed E-state index contributed by atoms with van der Waals surface area (Å²) in [6.07, 6.45) is 3.13. The van der Waals surface area contributed by atoms with E-state index >= 15 is 0 Å². The molecule has 0 bridgehead atoms. The number of hydrogen-bond donors (Lipinski definition) is 1. The zero-order valence-electron chi connectivity index (χ0n) is 13.5. The Morgan fingerprint density at radius 1 is 1.24 bits per heavy atom. The van der Waals surface area contributed by atoms with Crippen LogP contribution in [0, 0.1) is 5.92 Å². The standard InChI is InChI=1S/C16H26BrNO2S/c1-12(2)7-6-8-13-9-10-14(17)15(11-13)21(19,20)18-16(3,4)5/h9-12,18H,6-8H2,1-5H3. The molecular formula is C16H26BrNO2S. The lowest BCUT2D eigenvalue weighted by atomic mass is 10.0. The van der Waals surface area contributed by atoms with Gasteiger partial charge in [0.15, 0.2) is 0 Å². The third-order valence-corrected chi connectivity index (χ3v) is 5.72. The molecule has 21 heavy (non-hydrogen) atoms. The SMILES string of the molecule is CC(C)CCCc1ccc(Br)c(S(=O)(=O)NC(C)(C)C)c1. The lowest BCUT2D eigenvalue weighted by Crippen LogP contribution is -2.40. The van der Waals surface area contributed by atoms with Crippen molar-refractivity contribution in [2.75, 3.05) is 0 Å². The zero-order chi connectivity index (χ0) is 16.3. The fourth-order valence-electron chi connectivity index (χ4n) is 2.08. The molecule has 3 nitrogen and oxygen atoms in total. The lowest BCUT2D eigenvalue weighted by Gasteiger charge is -2.21. The molecule has 120 valence electrons.